The summed E-state index contributed by atoms with van der Waals surface area (Å²) < 4.78 is 10.6. The van der Waals surface area contributed by atoms with Gasteiger partial charge < -0.3 is 19.8 Å². The van der Waals surface area contributed by atoms with E-state index in [1.54, 1.807) is 6.26 Å². The van der Waals surface area contributed by atoms with E-state index in [1.807, 2.05) is 30.9 Å². The van der Waals surface area contributed by atoms with Crippen LogP contribution in [-0.2, 0) is 6.54 Å². The van der Waals surface area contributed by atoms with Crippen LogP contribution in [0, 0.1) is 0 Å². The van der Waals surface area contributed by atoms with Gasteiger partial charge in [0, 0.05) is 6.54 Å². The van der Waals surface area contributed by atoms with Gasteiger partial charge in [-0.2, -0.15) is 15.0 Å². The summed E-state index contributed by atoms with van der Waals surface area (Å²) in [6.07, 6.45) is 1.64. The number of ether oxygens (including phenoxy) is 1. The number of furan rings is 1. The summed E-state index contributed by atoms with van der Waals surface area (Å²) in [5.74, 6) is 1.46. The molecule has 19 heavy (non-hydrogen) atoms. The summed E-state index contributed by atoms with van der Waals surface area (Å²) in [6.45, 7) is 5.63. The minimum atomic E-state index is 0.145. The second-order valence-electron chi connectivity index (χ2n) is 3.80. The molecule has 0 saturated heterocycles. The van der Waals surface area contributed by atoms with Crippen LogP contribution in [0.15, 0.2) is 22.8 Å². The first kappa shape index (κ1) is 13.1. The third-order valence-corrected chi connectivity index (χ3v) is 2.49. The molecule has 7 heteroatoms. The summed E-state index contributed by atoms with van der Waals surface area (Å²) in [5.41, 5.74) is 5.66. The number of nitrogen functional groups attached to an aromatic ring is 1. The third-order valence-electron chi connectivity index (χ3n) is 2.49. The van der Waals surface area contributed by atoms with Crippen LogP contribution in [0.3, 0.4) is 0 Å². The van der Waals surface area contributed by atoms with Crippen molar-refractivity contribution in [2.75, 3.05) is 23.8 Å². The van der Waals surface area contributed by atoms with Crippen molar-refractivity contribution in [1.29, 1.82) is 0 Å². The van der Waals surface area contributed by atoms with E-state index in [0.717, 1.165) is 12.3 Å². The molecule has 102 valence electrons. The quantitative estimate of drug-likeness (QED) is 0.843. The zero-order valence-corrected chi connectivity index (χ0v) is 11.0. The lowest BCUT2D eigenvalue weighted by molar-refractivity contribution is 0.312. The van der Waals surface area contributed by atoms with Gasteiger partial charge >= 0.3 is 6.01 Å². The van der Waals surface area contributed by atoms with Crippen molar-refractivity contribution in [3.8, 4) is 6.01 Å². The maximum atomic E-state index is 5.66. The Bertz CT molecular complexity index is 515. The Labute approximate surface area is 111 Å². The van der Waals surface area contributed by atoms with Crippen LogP contribution in [0.2, 0.25) is 0 Å². The number of nitrogens with zero attached hydrogens (tertiary/aromatic N) is 4. The molecule has 0 aliphatic carbocycles. The van der Waals surface area contributed by atoms with Gasteiger partial charge in [-0.15, -0.1) is 0 Å². The molecule has 7 nitrogen and oxygen atoms in total. The molecule has 0 radical (unpaired) electrons. The van der Waals surface area contributed by atoms with E-state index < -0.39 is 0 Å². The normalized spacial score (nSPS) is 10.4. The van der Waals surface area contributed by atoms with E-state index in [4.69, 9.17) is 14.9 Å². The third kappa shape index (κ3) is 3.34. The summed E-state index contributed by atoms with van der Waals surface area (Å²) >= 11 is 0. The molecule has 0 saturated carbocycles. The molecule has 0 aliphatic rings. The fraction of sp³-hybridized carbons (Fsp3) is 0.417. The molecule has 0 aromatic carbocycles. The van der Waals surface area contributed by atoms with Gasteiger partial charge in [0.25, 0.3) is 0 Å². The van der Waals surface area contributed by atoms with Gasteiger partial charge in [0.05, 0.1) is 19.4 Å². The van der Waals surface area contributed by atoms with E-state index in [-0.39, 0.29) is 12.0 Å². The fourth-order valence-electron chi connectivity index (χ4n) is 1.61. The average Bonchev–Trinajstić information content (AvgIpc) is 2.88. The molecule has 2 rings (SSSR count). The van der Waals surface area contributed by atoms with Gasteiger partial charge in [0.1, 0.15) is 5.76 Å². The molecule has 2 aromatic rings. The van der Waals surface area contributed by atoms with E-state index in [9.17, 15) is 0 Å². The van der Waals surface area contributed by atoms with Crippen molar-refractivity contribution >= 4 is 11.9 Å². The molecule has 0 bridgehead atoms. The molecular formula is C12H17N5O2. The molecule has 0 aliphatic heterocycles. The summed E-state index contributed by atoms with van der Waals surface area (Å²) in [4.78, 5) is 14.2. The Morgan fingerprint density at radius 3 is 2.79 bits per heavy atom. The van der Waals surface area contributed by atoms with Crippen LogP contribution in [0.25, 0.3) is 0 Å². The molecule has 0 fully saturated rings. The molecule has 0 unspecified atom stereocenters. The molecule has 0 atom stereocenters. The van der Waals surface area contributed by atoms with E-state index in [1.165, 1.54) is 0 Å². The van der Waals surface area contributed by atoms with Gasteiger partial charge in [-0.05, 0) is 26.0 Å². The minimum Gasteiger partial charge on any atom is -0.467 e. The monoisotopic (exact) mass is 263 g/mol. The first-order valence-electron chi connectivity index (χ1n) is 6.14. The molecule has 2 heterocycles. The SMILES string of the molecule is CCOc1nc(N)nc(N(CC)Cc2ccco2)n1. The van der Waals surface area contributed by atoms with Crippen LogP contribution in [-0.4, -0.2) is 28.1 Å². The number of anilines is 2. The summed E-state index contributed by atoms with van der Waals surface area (Å²) in [5, 5.41) is 0. The van der Waals surface area contributed by atoms with Crippen LogP contribution >= 0.6 is 0 Å². The topological polar surface area (TPSA) is 90.3 Å². The highest BCUT2D eigenvalue weighted by atomic mass is 16.5. The number of nitrogens with two attached hydrogens (primary N) is 1. The van der Waals surface area contributed by atoms with Gasteiger partial charge in [-0.3, -0.25) is 0 Å². The molecule has 2 aromatic heterocycles. The highest BCUT2D eigenvalue weighted by Gasteiger charge is 2.13. The molecule has 0 spiro atoms. The Hall–Kier alpha value is -2.31. The van der Waals surface area contributed by atoms with E-state index >= 15 is 0 Å². The lowest BCUT2D eigenvalue weighted by atomic mass is 10.4. The Morgan fingerprint density at radius 2 is 2.16 bits per heavy atom. The molecular weight excluding hydrogens is 246 g/mol. The zero-order valence-electron chi connectivity index (χ0n) is 11.0. The van der Waals surface area contributed by atoms with Gasteiger partial charge in [-0.25, -0.2) is 0 Å². The van der Waals surface area contributed by atoms with Crippen molar-refractivity contribution in [2.24, 2.45) is 0 Å². The summed E-state index contributed by atoms with van der Waals surface area (Å²) in [6, 6.07) is 3.98. The van der Waals surface area contributed by atoms with Gasteiger partial charge in [0.15, 0.2) is 0 Å². The number of hydrogen-bond donors (Lipinski definition) is 1. The van der Waals surface area contributed by atoms with Crippen LogP contribution in [0.4, 0.5) is 11.9 Å². The minimum absolute atomic E-state index is 0.145. The molecule has 2 N–H and O–H groups in total. The standard InChI is InChI=1S/C12H17N5O2/c1-3-17(8-9-6-5-7-19-9)11-14-10(13)15-12(16-11)18-4-2/h5-7H,3-4,8H2,1-2H3,(H2,13,14,15,16). The van der Waals surface area contributed by atoms with Crippen molar-refractivity contribution < 1.29 is 9.15 Å². The number of rotatable bonds is 6. The number of hydrogen-bond acceptors (Lipinski definition) is 7. The predicted octanol–water partition coefficient (Wildman–Crippen LogP) is 1.47. The van der Waals surface area contributed by atoms with Crippen molar-refractivity contribution in [1.82, 2.24) is 15.0 Å². The van der Waals surface area contributed by atoms with Gasteiger partial charge in [-0.1, -0.05) is 0 Å². The Balaban J connectivity index is 2.21. The second-order valence-corrected chi connectivity index (χ2v) is 3.80. The first-order chi connectivity index (χ1) is 9.22. The van der Waals surface area contributed by atoms with E-state index in [0.29, 0.717) is 19.1 Å². The van der Waals surface area contributed by atoms with Crippen molar-refractivity contribution in [3.05, 3.63) is 24.2 Å². The highest BCUT2D eigenvalue weighted by Crippen LogP contribution is 2.16. The van der Waals surface area contributed by atoms with Crippen molar-refractivity contribution in [3.63, 3.8) is 0 Å². The van der Waals surface area contributed by atoms with Crippen molar-refractivity contribution in [2.45, 2.75) is 20.4 Å². The van der Waals surface area contributed by atoms with Crippen LogP contribution in [0.5, 0.6) is 6.01 Å². The zero-order chi connectivity index (χ0) is 13.7. The van der Waals surface area contributed by atoms with E-state index in [2.05, 4.69) is 15.0 Å². The average molecular weight is 263 g/mol. The first-order valence-corrected chi connectivity index (χ1v) is 6.14. The Kier molecular flexibility index (Phi) is 4.17. The lowest BCUT2D eigenvalue weighted by Gasteiger charge is -2.19. The Morgan fingerprint density at radius 1 is 1.32 bits per heavy atom. The largest absolute Gasteiger partial charge is 0.467 e. The number of aromatic nitrogens is 3. The van der Waals surface area contributed by atoms with Crippen LogP contribution in [0.1, 0.15) is 19.6 Å². The maximum Gasteiger partial charge on any atom is 0.323 e. The smallest absolute Gasteiger partial charge is 0.323 e. The predicted molar refractivity (Wildman–Crippen MR) is 70.8 cm³/mol. The maximum absolute atomic E-state index is 5.66. The van der Waals surface area contributed by atoms with Gasteiger partial charge in [0.2, 0.25) is 11.9 Å². The molecule has 0 amide bonds. The van der Waals surface area contributed by atoms with Crippen LogP contribution < -0.4 is 15.4 Å². The second kappa shape index (κ2) is 6.03. The summed E-state index contributed by atoms with van der Waals surface area (Å²) in [7, 11) is 0. The fourth-order valence-corrected chi connectivity index (χ4v) is 1.61. The highest BCUT2D eigenvalue weighted by molar-refractivity contribution is 5.36. The lowest BCUT2D eigenvalue weighted by Crippen LogP contribution is -2.25.